The lowest BCUT2D eigenvalue weighted by atomic mass is 9.76. The van der Waals surface area contributed by atoms with Gasteiger partial charge in [-0.3, -0.25) is 25.1 Å². The highest BCUT2D eigenvalue weighted by molar-refractivity contribution is 7.13. The fraction of sp³-hybridized carbons (Fsp3) is 0.410. The first-order valence-corrected chi connectivity index (χ1v) is 47.1. The van der Waals surface area contributed by atoms with Crippen molar-refractivity contribution in [3.63, 3.8) is 0 Å². The molecular formula is C105H114N14O7S2. The van der Waals surface area contributed by atoms with Crippen LogP contribution in [-0.2, 0) is 105 Å². The lowest BCUT2D eigenvalue weighted by molar-refractivity contribution is 0.236. The van der Waals surface area contributed by atoms with Crippen LogP contribution in [0.4, 0.5) is 0 Å². The monoisotopic (exact) mass is 1750 g/mol. The second-order valence-electron chi connectivity index (χ2n) is 37.4. The van der Waals surface area contributed by atoms with Gasteiger partial charge >= 0.3 is 0 Å². The number of hydrogen-bond donors (Lipinski definition) is 2. The van der Waals surface area contributed by atoms with Gasteiger partial charge in [0.05, 0.1) is 37.9 Å². The maximum Gasteiger partial charge on any atom is 0.180 e. The van der Waals surface area contributed by atoms with E-state index in [1.165, 1.54) is 132 Å². The Labute approximate surface area is 758 Å². The van der Waals surface area contributed by atoms with Crippen LogP contribution in [0.2, 0.25) is 0 Å². The summed E-state index contributed by atoms with van der Waals surface area (Å²) in [6.07, 6.45) is 26.5. The third kappa shape index (κ3) is 17.4. The van der Waals surface area contributed by atoms with E-state index in [9.17, 15) is 0 Å². The minimum Gasteiger partial charge on any atom is -0.479 e. The van der Waals surface area contributed by atoms with Crippen molar-refractivity contribution in [1.82, 2.24) is 40.5 Å². The lowest BCUT2D eigenvalue weighted by Gasteiger charge is -2.32. The predicted octanol–water partition coefficient (Wildman–Crippen LogP) is 21.1. The average molecular weight is 1750 g/mol. The lowest BCUT2D eigenvalue weighted by Crippen LogP contribution is -2.35. The summed E-state index contributed by atoms with van der Waals surface area (Å²) in [5.41, 5.74) is 39.9. The molecule has 0 fully saturated rings. The molecule has 6 atom stereocenters. The zero-order valence-electron chi connectivity index (χ0n) is 75.9. The number of nitrogens with one attached hydrogen (secondary N) is 2. The number of rotatable bonds is 6. The van der Waals surface area contributed by atoms with Gasteiger partial charge in [-0.25, -0.2) is 30.0 Å². The number of aromatic amines is 2. The Bertz CT molecular complexity index is 6120. The van der Waals surface area contributed by atoms with E-state index in [1.54, 1.807) is 22.7 Å². The maximum atomic E-state index is 5.67. The molecule has 6 spiro atoms. The molecule has 128 heavy (non-hydrogen) atoms. The molecule has 0 bridgehead atoms. The van der Waals surface area contributed by atoms with Crippen LogP contribution in [0.1, 0.15) is 187 Å². The molecule has 24 rings (SSSR count). The van der Waals surface area contributed by atoms with Crippen LogP contribution in [0.15, 0.2) is 186 Å². The first-order valence-electron chi connectivity index (χ1n) is 45.4. The summed E-state index contributed by atoms with van der Waals surface area (Å²) in [4.78, 5) is 44.0. The third-order valence-electron chi connectivity index (χ3n) is 28.1. The Hall–Kier alpha value is -11.8. The van der Waals surface area contributed by atoms with E-state index < -0.39 is 0 Å². The van der Waals surface area contributed by atoms with Crippen molar-refractivity contribution in [3.05, 3.63) is 258 Å². The number of ether oxygens (including phenoxy) is 6. The molecular weight excluding hydrogens is 1630 g/mol. The highest BCUT2D eigenvalue weighted by Crippen LogP contribution is 2.48. The topological polar surface area (TPSA) is 252 Å². The van der Waals surface area contributed by atoms with Gasteiger partial charge in [0.15, 0.2) is 35.4 Å². The highest BCUT2D eigenvalue weighted by Gasteiger charge is 2.46. The molecule has 12 aromatic rings. The van der Waals surface area contributed by atoms with Crippen molar-refractivity contribution >= 4 is 58.1 Å². The Morgan fingerprint density at radius 2 is 0.680 bits per heavy atom. The number of pyridine rings is 1. The number of H-pyrrole nitrogens is 2. The standard InChI is InChI=1S/C19H20N2O.2C18H21N3O.C18H20N2O2.2C16H16N2OS/c1-13-8-16(11-20-10-13)17-5-3-4-15-6-7-19(9-18(15)17)12-22-14(2)21-19;1-11-17(12(2)21-20-11)15-5-4-14-6-7-18(9-16(14)8-15)10-22-13(3)19-18;1-11-17(12(2)21-20-11)15-6-4-5-14-7-8-18(9-16(14)15)10-22-13(3)19-18;1-11-17(12(2)22-20-11)15-6-4-5-14-7-8-18(9-16(14)15)10-21-13(3)19-18;2*1-11-18-16(9-19-11)6-5-13-12(7-16)3-2-4-14(13)15-8-17-10-20-15/h3-5,8,10-11H,6-7,9,12H2,1-2H3;4-5,8H,6-7,9-10H2,1-3H3,(H,20,21);4-6H,7-10H2,1-3H3,(H,20,21);4-6H,7-10H2,1-3H3;2*2-4,8,10H,5-7,9H2,1H3/t;;;;16-;/m....0./s1. The summed E-state index contributed by atoms with van der Waals surface area (Å²) in [6, 6.07) is 42.0. The van der Waals surface area contributed by atoms with Crippen LogP contribution >= 0.6 is 22.7 Å². The normalized spacial score (nSPS) is 23.6. The highest BCUT2D eigenvalue weighted by atomic mass is 32.1. The smallest absolute Gasteiger partial charge is 0.180 e. The van der Waals surface area contributed by atoms with Crippen LogP contribution in [0.25, 0.3) is 65.4 Å². The molecule has 21 nitrogen and oxygen atoms in total. The van der Waals surface area contributed by atoms with E-state index in [1.807, 2.05) is 91.2 Å². The van der Waals surface area contributed by atoms with Crippen molar-refractivity contribution in [2.45, 2.75) is 239 Å². The van der Waals surface area contributed by atoms with Gasteiger partial charge in [0.1, 0.15) is 78.6 Å². The molecule has 6 aliphatic heterocycles. The van der Waals surface area contributed by atoms with E-state index in [0.29, 0.717) is 6.61 Å². The molecule has 0 radical (unpaired) electrons. The summed E-state index contributed by atoms with van der Waals surface area (Å²) in [5, 5.41) is 19.0. The Balaban J connectivity index is 0.0000001000. The van der Waals surface area contributed by atoms with Gasteiger partial charge in [-0.15, -0.1) is 22.7 Å². The van der Waals surface area contributed by atoms with E-state index in [-0.39, 0.29) is 33.2 Å². The zero-order valence-corrected chi connectivity index (χ0v) is 77.6. The Morgan fingerprint density at radius 1 is 0.305 bits per heavy atom. The van der Waals surface area contributed by atoms with Crippen LogP contribution in [0, 0.1) is 48.5 Å². The largest absolute Gasteiger partial charge is 0.479 e. The zero-order chi connectivity index (χ0) is 88.3. The number of fused-ring (bicyclic) bond motifs is 6. The molecule has 23 heteroatoms. The Morgan fingerprint density at radius 3 is 1.06 bits per heavy atom. The fourth-order valence-corrected chi connectivity index (χ4v) is 23.3. The molecule has 5 unspecified atom stereocenters. The van der Waals surface area contributed by atoms with Crippen molar-refractivity contribution < 1.29 is 32.9 Å². The minimum absolute atomic E-state index is 0.0105. The van der Waals surface area contributed by atoms with Gasteiger partial charge in [0, 0.05) is 138 Å². The molecule has 6 aromatic carbocycles. The van der Waals surface area contributed by atoms with Gasteiger partial charge < -0.3 is 32.9 Å². The molecule has 12 heterocycles. The van der Waals surface area contributed by atoms with Crippen LogP contribution in [-0.4, -0.2) is 149 Å². The number of aryl methyl sites for hydroxylation is 11. The molecule has 0 saturated heterocycles. The number of aromatic nitrogens is 8. The van der Waals surface area contributed by atoms with E-state index in [2.05, 4.69) is 190 Å². The first-order chi connectivity index (χ1) is 61.9. The van der Waals surface area contributed by atoms with Gasteiger partial charge in [0.2, 0.25) is 0 Å². The molecule has 658 valence electrons. The van der Waals surface area contributed by atoms with Crippen molar-refractivity contribution in [3.8, 4) is 65.4 Å². The van der Waals surface area contributed by atoms with Gasteiger partial charge in [-0.05, 0) is 237 Å². The van der Waals surface area contributed by atoms with Crippen LogP contribution in [0.5, 0.6) is 0 Å². The SMILES string of the molecule is CC1=NC2(CCc3c(cccc3-c3cncs3)C2)CO1.CC1=NC2(CCc3ccc(-c4c(C)n[nH]c4C)cc3C2)CO1.CC1=NC2(CCc3cccc(-c4c(C)n[nH]c4C)c3C2)CO1.CC1=NC2(CCc3cccc(-c4c(C)noc4C)c3C2)CO1.CC1=NC2(CCc3cccc(-c4cncc(C)c4)c3C2)CO1.CC1=N[C@]2(CCc3c(cccc3-c3cncs3)C2)CO1. The van der Waals surface area contributed by atoms with Crippen molar-refractivity contribution in [1.29, 1.82) is 0 Å². The fourth-order valence-electron chi connectivity index (χ4n) is 21.9. The summed E-state index contributed by atoms with van der Waals surface area (Å²) < 4.78 is 39.2. The molecule has 0 saturated carbocycles. The van der Waals surface area contributed by atoms with Gasteiger partial charge in [0.25, 0.3) is 0 Å². The molecule has 6 aliphatic carbocycles. The maximum absolute atomic E-state index is 5.67. The number of thiazole rings is 2. The summed E-state index contributed by atoms with van der Waals surface area (Å²) >= 11 is 3.42. The van der Waals surface area contributed by atoms with E-state index in [4.69, 9.17) is 62.9 Å². The van der Waals surface area contributed by atoms with Gasteiger partial charge in [-0.1, -0.05) is 114 Å². The molecule has 12 aliphatic rings. The molecule has 0 amide bonds. The molecule has 6 aromatic heterocycles. The summed E-state index contributed by atoms with van der Waals surface area (Å²) in [7, 11) is 0. The van der Waals surface area contributed by atoms with E-state index in [0.717, 1.165) is 224 Å². The predicted molar refractivity (Wildman–Crippen MR) is 511 cm³/mol. The summed E-state index contributed by atoms with van der Waals surface area (Å²) in [5.74, 6) is 5.88. The molecule has 2 N–H and O–H groups in total. The van der Waals surface area contributed by atoms with E-state index >= 15 is 0 Å². The first kappa shape index (κ1) is 85.6. The van der Waals surface area contributed by atoms with Crippen LogP contribution in [0.3, 0.4) is 0 Å². The average Bonchev–Trinajstić information content (AvgIpc) is 1.52. The van der Waals surface area contributed by atoms with Crippen molar-refractivity contribution in [2.24, 2.45) is 30.0 Å². The quantitative estimate of drug-likeness (QED) is 0.157. The van der Waals surface area contributed by atoms with Gasteiger partial charge in [-0.2, -0.15) is 10.2 Å². The second kappa shape index (κ2) is 35.0. The van der Waals surface area contributed by atoms with Crippen LogP contribution < -0.4 is 0 Å². The number of benzene rings is 6. The number of hydrogen-bond acceptors (Lipinski definition) is 21. The van der Waals surface area contributed by atoms with Crippen molar-refractivity contribution in [2.75, 3.05) is 39.6 Å². The minimum atomic E-state index is -0.0772. The third-order valence-corrected chi connectivity index (χ3v) is 29.7. The second-order valence-corrected chi connectivity index (χ2v) is 39.2. The Kier molecular flexibility index (Phi) is 23.4. The number of aliphatic imine (C=N–C) groups is 6. The number of nitrogens with zero attached hydrogens (tertiary/aromatic N) is 12. The summed E-state index contributed by atoms with van der Waals surface area (Å²) in [6.45, 7) is 30.5.